The van der Waals surface area contributed by atoms with Crippen molar-refractivity contribution in [2.24, 2.45) is 0 Å². The number of H-pyrrole nitrogens is 1. The minimum Gasteiger partial charge on any atom is -0.272 e. The second-order valence-corrected chi connectivity index (χ2v) is 6.55. The molecule has 24 heavy (non-hydrogen) atoms. The Balaban J connectivity index is 1.83. The molecule has 1 heterocycles. The van der Waals surface area contributed by atoms with E-state index in [4.69, 9.17) is 12.2 Å². The normalized spacial score (nSPS) is 12.2. The lowest BCUT2D eigenvalue weighted by Crippen LogP contribution is -2.04. The molecule has 3 rings (SSSR count). The number of rotatable bonds is 6. The fourth-order valence-corrected chi connectivity index (χ4v) is 3.11. The highest BCUT2D eigenvalue weighted by Crippen LogP contribution is 2.21. The van der Waals surface area contributed by atoms with E-state index in [-0.39, 0.29) is 0 Å². The minimum absolute atomic E-state index is 0.578. The van der Waals surface area contributed by atoms with E-state index >= 15 is 0 Å². The van der Waals surface area contributed by atoms with Gasteiger partial charge in [-0.15, -0.1) is 0 Å². The van der Waals surface area contributed by atoms with Gasteiger partial charge in [0, 0.05) is 12.1 Å². The van der Waals surface area contributed by atoms with Gasteiger partial charge in [-0.1, -0.05) is 56.3 Å². The van der Waals surface area contributed by atoms with Crippen molar-refractivity contribution in [3.05, 3.63) is 76.3 Å². The van der Waals surface area contributed by atoms with Crippen LogP contribution in [0.3, 0.4) is 0 Å². The second kappa shape index (κ2) is 7.58. The summed E-state index contributed by atoms with van der Waals surface area (Å²) in [6.07, 6.45) is 2.95. The molecule has 1 N–H and O–H groups in total. The molecule has 0 radical (unpaired) electrons. The Bertz CT molecular complexity index is 831. The first kappa shape index (κ1) is 16.7. The summed E-state index contributed by atoms with van der Waals surface area (Å²) in [7, 11) is 0. The molecule has 124 valence electrons. The molecule has 0 unspecified atom stereocenters. The second-order valence-electron chi connectivity index (χ2n) is 6.17. The fourth-order valence-electron chi connectivity index (χ4n) is 2.85. The summed E-state index contributed by atoms with van der Waals surface area (Å²) in [6.45, 7) is 4.47. The summed E-state index contributed by atoms with van der Waals surface area (Å²) in [4.78, 5) is 0. The van der Waals surface area contributed by atoms with Gasteiger partial charge >= 0.3 is 0 Å². The number of benzene rings is 2. The number of aromatic nitrogens is 3. The van der Waals surface area contributed by atoms with E-state index in [0.717, 1.165) is 30.8 Å². The summed E-state index contributed by atoms with van der Waals surface area (Å²) < 4.78 is 2.69. The molecule has 1 aromatic heterocycles. The van der Waals surface area contributed by atoms with Gasteiger partial charge < -0.3 is 0 Å². The third-order valence-corrected chi connectivity index (χ3v) is 4.83. The van der Waals surface area contributed by atoms with Crippen LogP contribution in [0.5, 0.6) is 0 Å². The molecule has 1 atom stereocenters. The van der Waals surface area contributed by atoms with E-state index in [9.17, 15) is 0 Å². The van der Waals surface area contributed by atoms with Gasteiger partial charge in [-0.2, -0.15) is 5.10 Å². The first-order valence-electron chi connectivity index (χ1n) is 8.49. The van der Waals surface area contributed by atoms with E-state index in [0.29, 0.717) is 10.7 Å². The van der Waals surface area contributed by atoms with Crippen LogP contribution in [0.1, 0.15) is 43.1 Å². The highest BCUT2D eigenvalue weighted by Gasteiger charge is 2.10. The van der Waals surface area contributed by atoms with E-state index in [1.807, 2.05) is 10.6 Å². The average Bonchev–Trinajstić information content (AvgIpc) is 3.01. The largest absolute Gasteiger partial charge is 0.272 e. The Labute approximate surface area is 148 Å². The van der Waals surface area contributed by atoms with Crippen molar-refractivity contribution in [1.29, 1.82) is 0 Å². The predicted molar refractivity (Wildman–Crippen MR) is 101 cm³/mol. The van der Waals surface area contributed by atoms with Crippen LogP contribution in [0.15, 0.2) is 54.6 Å². The summed E-state index contributed by atoms with van der Waals surface area (Å²) in [5.41, 5.74) is 3.75. The topological polar surface area (TPSA) is 33.6 Å². The molecule has 4 heteroatoms. The number of aromatic amines is 1. The lowest BCUT2D eigenvalue weighted by Gasteiger charge is -2.11. The summed E-state index contributed by atoms with van der Waals surface area (Å²) in [5.74, 6) is 1.55. The summed E-state index contributed by atoms with van der Waals surface area (Å²) in [6, 6.07) is 19.1. The quantitative estimate of drug-likeness (QED) is 0.625. The van der Waals surface area contributed by atoms with Crippen molar-refractivity contribution in [1.82, 2.24) is 14.8 Å². The molecular formula is C20H23N3S. The van der Waals surface area contributed by atoms with Gasteiger partial charge in [0.2, 0.25) is 0 Å². The van der Waals surface area contributed by atoms with Gasteiger partial charge in [-0.05, 0) is 54.2 Å². The zero-order chi connectivity index (χ0) is 16.9. The molecule has 0 spiro atoms. The van der Waals surface area contributed by atoms with Crippen molar-refractivity contribution in [2.75, 3.05) is 0 Å². The van der Waals surface area contributed by atoms with E-state index < -0.39 is 0 Å². The summed E-state index contributed by atoms with van der Waals surface area (Å²) in [5, 5.41) is 7.36. The van der Waals surface area contributed by atoms with Crippen molar-refractivity contribution < 1.29 is 0 Å². The van der Waals surface area contributed by atoms with Crippen LogP contribution in [0.25, 0.3) is 5.69 Å². The molecule has 0 saturated carbocycles. The molecular weight excluding hydrogens is 314 g/mol. The van der Waals surface area contributed by atoms with Gasteiger partial charge in [0.05, 0.1) is 0 Å². The monoisotopic (exact) mass is 337 g/mol. The van der Waals surface area contributed by atoms with Gasteiger partial charge in [0.15, 0.2) is 4.77 Å². The summed E-state index contributed by atoms with van der Waals surface area (Å²) >= 11 is 5.44. The predicted octanol–water partition coefficient (Wildman–Crippen LogP) is 5.23. The van der Waals surface area contributed by atoms with Gasteiger partial charge in [0.1, 0.15) is 5.82 Å². The fraction of sp³-hybridized carbons (Fsp3) is 0.300. The van der Waals surface area contributed by atoms with Crippen molar-refractivity contribution in [2.45, 2.75) is 39.0 Å². The third kappa shape index (κ3) is 3.65. The van der Waals surface area contributed by atoms with Gasteiger partial charge in [-0.25, -0.2) is 0 Å². The zero-order valence-corrected chi connectivity index (χ0v) is 15.0. The van der Waals surface area contributed by atoms with Crippen LogP contribution in [-0.4, -0.2) is 14.8 Å². The van der Waals surface area contributed by atoms with Crippen LogP contribution in [0.4, 0.5) is 0 Å². The maximum Gasteiger partial charge on any atom is 0.199 e. The maximum atomic E-state index is 5.44. The molecule has 0 bridgehead atoms. The number of nitrogens with zero attached hydrogens (tertiary/aromatic N) is 2. The van der Waals surface area contributed by atoms with Gasteiger partial charge in [-0.3, -0.25) is 9.67 Å². The highest BCUT2D eigenvalue weighted by molar-refractivity contribution is 7.71. The molecule has 0 saturated heterocycles. The lowest BCUT2D eigenvalue weighted by molar-refractivity contribution is 0.733. The molecule has 3 nitrogen and oxygen atoms in total. The standard InChI is InChI=1S/C20H23N3S/c1-3-15(2)17-10-12-18(13-11-17)23-19(21-22-20(23)24)14-9-16-7-5-4-6-8-16/h4-8,10-13,15H,3,9,14H2,1-2H3,(H,22,24)/t15-/m1/s1. The molecule has 0 fully saturated rings. The molecule has 2 aromatic carbocycles. The average molecular weight is 337 g/mol. The number of hydrogen-bond acceptors (Lipinski definition) is 2. The SMILES string of the molecule is CC[C@@H](C)c1ccc(-n2c(CCc3ccccc3)n[nH]c2=S)cc1. The van der Waals surface area contributed by atoms with Crippen LogP contribution in [0.2, 0.25) is 0 Å². The van der Waals surface area contributed by atoms with Crippen LogP contribution >= 0.6 is 12.2 Å². The van der Waals surface area contributed by atoms with Crippen molar-refractivity contribution in [3.63, 3.8) is 0 Å². The molecule has 0 aliphatic rings. The van der Waals surface area contributed by atoms with Crippen LogP contribution in [0, 0.1) is 4.77 Å². The van der Waals surface area contributed by atoms with Crippen LogP contribution < -0.4 is 0 Å². The van der Waals surface area contributed by atoms with Crippen LogP contribution in [-0.2, 0) is 12.8 Å². The lowest BCUT2D eigenvalue weighted by atomic mass is 9.98. The molecule has 0 aliphatic carbocycles. The zero-order valence-electron chi connectivity index (χ0n) is 14.2. The van der Waals surface area contributed by atoms with E-state index in [1.165, 1.54) is 11.1 Å². The number of aryl methyl sites for hydroxylation is 2. The van der Waals surface area contributed by atoms with E-state index in [1.54, 1.807) is 0 Å². The molecule has 0 aliphatic heterocycles. The first-order valence-corrected chi connectivity index (χ1v) is 8.90. The highest BCUT2D eigenvalue weighted by atomic mass is 32.1. The molecule has 0 amide bonds. The van der Waals surface area contributed by atoms with Gasteiger partial charge in [0.25, 0.3) is 0 Å². The Kier molecular flexibility index (Phi) is 5.26. The Morgan fingerprint density at radius 1 is 1.04 bits per heavy atom. The maximum absolute atomic E-state index is 5.44. The van der Waals surface area contributed by atoms with Crippen molar-refractivity contribution >= 4 is 12.2 Å². The Morgan fingerprint density at radius 3 is 2.42 bits per heavy atom. The Hall–Kier alpha value is -2.20. The van der Waals surface area contributed by atoms with Crippen molar-refractivity contribution in [3.8, 4) is 5.69 Å². The van der Waals surface area contributed by atoms with E-state index in [2.05, 4.69) is 72.6 Å². The first-order chi connectivity index (χ1) is 11.7. The smallest absolute Gasteiger partial charge is 0.199 e. The third-order valence-electron chi connectivity index (χ3n) is 4.55. The number of nitrogens with one attached hydrogen (secondary N) is 1. The molecule has 3 aromatic rings. The Morgan fingerprint density at radius 2 is 1.75 bits per heavy atom. The minimum atomic E-state index is 0.578. The number of hydrogen-bond donors (Lipinski definition) is 1.